The molecule has 2 aromatic heterocycles. The first-order chi connectivity index (χ1) is 26.5. The number of ether oxygens (including phenoxy) is 3. The number of anilines is 7. The number of hydrogen-bond acceptors (Lipinski definition) is 15. The number of nitrogens with one attached hydrogen (secondary N) is 3. The van der Waals surface area contributed by atoms with Crippen molar-refractivity contribution in [3.05, 3.63) is 114 Å². The Labute approximate surface area is 312 Å². The lowest BCUT2D eigenvalue weighted by atomic mass is 10.0. The maximum absolute atomic E-state index is 6.25. The molecule has 8 rings (SSSR count). The number of hydrogen-bond donors (Lipinski definition) is 4. The van der Waals surface area contributed by atoms with E-state index in [4.69, 9.17) is 34.9 Å². The van der Waals surface area contributed by atoms with E-state index >= 15 is 0 Å². The molecule has 0 aliphatic carbocycles. The van der Waals surface area contributed by atoms with Crippen molar-refractivity contribution in [3.8, 4) is 23.0 Å². The molecular formula is C39H40N12O3. The molecule has 2 aliphatic heterocycles. The zero-order valence-corrected chi connectivity index (χ0v) is 29.7. The van der Waals surface area contributed by atoms with Gasteiger partial charge < -0.3 is 45.7 Å². The highest BCUT2D eigenvalue weighted by Crippen LogP contribution is 2.33. The highest BCUT2D eigenvalue weighted by atomic mass is 16.7. The van der Waals surface area contributed by atoms with E-state index in [9.17, 15) is 0 Å². The standard InChI is InChI=1S/C39H40N12O3/c1-2-41-35-46-36(42-23-27-13-18-32-33(22-27)53-25-52-32)48-39(47-35)51-20-19-50(24-29(51)21-26-9-5-3-6-10-26)38-45-34(40)44-37(49-38)43-28-14-16-31(17-15-28)54-30-11-7-4-8-12-30/h3-18,22,29H,2,19-21,23-25H2,1H3,(H3,40,43,44,45,49)(H2,41,42,46,47,48). The van der Waals surface area contributed by atoms with Crippen molar-refractivity contribution >= 4 is 41.4 Å². The third kappa shape index (κ3) is 8.25. The topological polar surface area (TPSA) is 174 Å². The Morgan fingerprint density at radius 3 is 2.22 bits per heavy atom. The van der Waals surface area contributed by atoms with Crippen LogP contribution in [-0.4, -0.2) is 68.9 Å². The van der Waals surface area contributed by atoms with E-state index < -0.39 is 0 Å². The van der Waals surface area contributed by atoms with Crippen LogP contribution in [0, 0.1) is 0 Å². The van der Waals surface area contributed by atoms with Gasteiger partial charge >= 0.3 is 0 Å². The normalized spacial score (nSPS) is 14.8. The van der Waals surface area contributed by atoms with Crippen molar-refractivity contribution in [3.63, 3.8) is 0 Å². The summed E-state index contributed by atoms with van der Waals surface area (Å²) in [5.74, 6) is 5.45. The third-order valence-corrected chi connectivity index (χ3v) is 8.91. The average molecular weight is 725 g/mol. The molecule has 0 spiro atoms. The Morgan fingerprint density at radius 1 is 0.704 bits per heavy atom. The predicted octanol–water partition coefficient (Wildman–Crippen LogP) is 5.89. The Hall–Kier alpha value is -6.90. The fraction of sp³-hybridized carbons (Fsp3) is 0.231. The molecule has 1 fully saturated rings. The SMILES string of the molecule is CCNc1nc(NCc2ccc3c(c2)OCO3)nc(N2CCN(c3nc(N)nc(Nc4ccc(Oc5ccccc5)cc4)n3)CC2Cc2ccccc2)n1. The molecule has 1 atom stereocenters. The molecule has 274 valence electrons. The highest BCUT2D eigenvalue weighted by molar-refractivity contribution is 5.57. The van der Waals surface area contributed by atoms with Crippen LogP contribution in [0.1, 0.15) is 18.1 Å². The molecule has 6 aromatic rings. The molecule has 15 nitrogen and oxygen atoms in total. The zero-order valence-electron chi connectivity index (χ0n) is 29.7. The minimum atomic E-state index is -0.0358. The first-order valence-corrected chi connectivity index (χ1v) is 17.8. The molecule has 5 N–H and O–H groups in total. The number of fused-ring (bicyclic) bond motifs is 1. The lowest BCUT2D eigenvalue weighted by Crippen LogP contribution is -2.55. The van der Waals surface area contributed by atoms with E-state index in [0.717, 1.165) is 34.9 Å². The fourth-order valence-corrected chi connectivity index (χ4v) is 6.34. The number of para-hydroxylation sites is 1. The number of benzene rings is 4. The fourth-order valence-electron chi connectivity index (χ4n) is 6.34. The van der Waals surface area contributed by atoms with Gasteiger partial charge in [-0.3, -0.25) is 0 Å². The van der Waals surface area contributed by atoms with Gasteiger partial charge in [-0.05, 0) is 73.0 Å². The smallest absolute Gasteiger partial charge is 0.233 e. The summed E-state index contributed by atoms with van der Waals surface area (Å²) in [7, 11) is 0. The van der Waals surface area contributed by atoms with Gasteiger partial charge in [0.1, 0.15) is 11.5 Å². The van der Waals surface area contributed by atoms with Gasteiger partial charge in [-0.1, -0.05) is 54.6 Å². The van der Waals surface area contributed by atoms with E-state index in [-0.39, 0.29) is 18.8 Å². The Bertz CT molecular complexity index is 2180. The van der Waals surface area contributed by atoms with Crippen LogP contribution in [0.2, 0.25) is 0 Å². The second kappa shape index (κ2) is 15.8. The summed E-state index contributed by atoms with van der Waals surface area (Å²) >= 11 is 0. The van der Waals surface area contributed by atoms with Crippen molar-refractivity contribution in [2.45, 2.75) is 25.9 Å². The third-order valence-electron chi connectivity index (χ3n) is 8.91. The lowest BCUT2D eigenvalue weighted by Gasteiger charge is -2.41. The minimum absolute atomic E-state index is 0.0358. The number of rotatable bonds is 13. The molecule has 15 heteroatoms. The molecule has 0 saturated carbocycles. The molecule has 54 heavy (non-hydrogen) atoms. The molecule has 1 unspecified atom stereocenters. The minimum Gasteiger partial charge on any atom is -0.457 e. The van der Waals surface area contributed by atoms with Crippen LogP contribution in [0.15, 0.2) is 103 Å². The van der Waals surface area contributed by atoms with Gasteiger partial charge in [0.05, 0.1) is 6.04 Å². The summed E-state index contributed by atoms with van der Waals surface area (Å²) in [5, 5.41) is 9.93. The summed E-state index contributed by atoms with van der Waals surface area (Å²) < 4.78 is 17.0. The summed E-state index contributed by atoms with van der Waals surface area (Å²) in [5.41, 5.74) is 9.24. The molecular weight excluding hydrogens is 685 g/mol. The van der Waals surface area contributed by atoms with Crippen molar-refractivity contribution in [2.24, 2.45) is 0 Å². The van der Waals surface area contributed by atoms with Crippen LogP contribution in [-0.2, 0) is 13.0 Å². The number of aromatic nitrogens is 6. The van der Waals surface area contributed by atoms with Crippen molar-refractivity contribution in [1.82, 2.24) is 29.9 Å². The predicted molar refractivity (Wildman–Crippen MR) is 208 cm³/mol. The molecule has 0 amide bonds. The van der Waals surface area contributed by atoms with Crippen LogP contribution in [0.4, 0.5) is 41.4 Å². The van der Waals surface area contributed by atoms with Crippen molar-refractivity contribution in [1.29, 1.82) is 0 Å². The Morgan fingerprint density at radius 2 is 1.43 bits per heavy atom. The first-order valence-electron chi connectivity index (χ1n) is 17.8. The van der Waals surface area contributed by atoms with E-state index in [1.165, 1.54) is 5.56 Å². The molecule has 4 aromatic carbocycles. The van der Waals surface area contributed by atoms with Gasteiger partial charge in [-0.2, -0.15) is 29.9 Å². The summed E-state index contributed by atoms with van der Waals surface area (Å²) in [6, 6.07) is 33.4. The summed E-state index contributed by atoms with van der Waals surface area (Å²) in [4.78, 5) is 32.5. The second-order valence-electron chi connectivity index (χ2n) is 12.7. The first kappa shape index (κ1) is 34.2. The number of nitrogen functional groups attached to an aromatic ring is 1. The van der Waals surface area contributed by atoms with Crippen molar-refractivity contribution in [2.75, 3.05) is 64.5 Å². The van der Waals surface area contributed by atoms with Gasteiger partial charge in [0.15, 0.2) is 11.5 Å². The van der Waals surface area contributed by atoms with Crippen LogP contribution in [0.5, 0.6) is 23.0 Å². The van der Waals surface area contributed by atoms with E-state index in [1.807, 2.05) is 85.8 Å². The number of nitrogens with zero attached hydrogens (tertiary/aromatic N) is 8. The Balaban J connectivity index is 1.01. The molecule has 0 bridgehead atoms. The van der Waals surface area contributed by atoms with Gasteiger partial charge in [0, 0.05) is 38.4 Å². The lowest BCUT2D eigenvalue weighted by molar-refractivity contribution is 0.174. The van der Waals surface area contributed by atoms with Gasteiger partial charge in [0.2, 0.25) is 42.5 Å². The highest BCUT2D eigenvalue weighted by Gasteiger charge is 2.31. The van der Waals surface area contributed by atoms with Gasteiger partial charge in [-0.25, -0.2) is 0 Å². The van der Waals surface area contributed by atoms with E-state index in [2.05, 4.69) is 65.0 Å². The summed E-state index contributed by atoms with van der Waals surface area (Å²) in [6.07, 6.45) is 0.739. The molecule has 1 saturated heterocycles. The molecule has 2 aliphatic rings. The van der Waals surface area contributed by atoms with Crippen LogP contribution >= 0.6 is 0 Å². The molecule has 4 heterocycles. The van der Waals surface area contributed by atoms with Gasteiger partial charge in [-0.15, -0.1) is 0 Å². The van der Waals surface area contributed by atoms with Crippen LogP contribution in [0.3, 0.4) is 0 Å². The van der Waals surface area contributed by atoms with E-state index in [1.54, 1.807) is 0 Å². The maximum Gasteiger partial charge on any atom is 0.233 e. The molecule has 0 radical (unpaired) electrons. The van der Waals surface area contributed by atoms with E-state index in [0.29, 0.717) is 68.2 Å². The zero-order chi connectivity index (χ0) is 36.7. The second-order valence-corrected chi connectivity index (χ2v) is 12.7. The number of nitrogens with two attached hydrogens (primary N) is 1. The Kier molecular flexibility index (Phi) is 9.99. The number of piperazine rings is 1. The quantitative estimate of drug-likeness (QED) is 0.111. The largest absolute Gasteiger partial charge is 0.457 e. The summed E-state index contributed by atoms with van der Waals surface area (Å²) in [6.45, 7) is 5.19. The van der Waals surface area contributed by atoms with Gasteiger partial charge in [0.25, 0.3) is 0 Å². The van der Waals surface area contributed by atoms with Crippen LogP contribution in [0.25, 0.3) is 0 Å². The average Bonchev–Trinajstić information content (AvgIpc) is 3.67. The van der Waals surface area contributed by atoms with Crippen LogP contribution < -0.4 is 45.7 Å². The monoisotopic (exact) mass is 724 g/mol. The maximum atomic E-state index is 6.25. The van der Waals surface area contributed by atoms with Crippen molar-refractivity contribution < 1.29 is 14.2 Å².